The molecule has 2 N–H and O–H groups in total. The van der Waals surface area contributed by atoms with Crippen LogP contribution in [0.5, 0.6) is 0 Å². The molecule has 1 aliphatic heterocycles. The molecule has 0 saturated carbocycles. The Bertz CT molecular complexity index is 958. The zero-order valence-electron chi connectivity index (χ0n) is 16.9. The van der Waals surface area contributed by atoms with E-state index in [2.05, 4.69) is 11.9 Å². The van der Waals surface area contributed by atoms with Crippen molar-refractivity contribution in [3.63, 3.8) is 0 Å². The molecule has 0 spiro atoms. The van der Waals surface area contributed by atoms with Crippen LogP contribution >= 0.6 is 0 Å². The van der Waals surface area contributed by atoms with Gasteiger partial charge in [-0.25, -0.2) is 9.59 Å². The number of allylic oxidation sites excluding steroid dienone is 1. The van der Waals surface area contributed by atoms with Crippen molar-refractivity contribution in [2.24, 2.45) is 5.92 Å². The molecule has 1 heterocycles. The van der Waals surface area contributed by atoms with Gasteiger partial charge in [-0.2, -0.15) is 0 Å². The highest BCUT2D eigenvalue weighted by Crippen LogP contribution is 2.26. The maximum atomic E-state index is 12.9. The van der Waals surface area contributed by atoms with E-state index >= 15 is 0 Å². The van der Waals surface area contributed by atoms with E-state index in [0.717, 1.165) is 21.2 Å². The van der Waals surface area contributed by atoms with Crippen LogP contribution in [0.25, 0.3) is 10.8 Å². The van der Waals surface area contributed by atoms with Gasteiger partial charge in [-0.1, -0.05) is 48.5 Å². The van der Waals surface area contributed by atoms with Crippen molar-refractivity contribution in [3.05, 3.63) is 60.7 Å². The maximum Gasteiger partial charge on any atom is 0.407 e. The fraction of sp³-hybridized carbons (Fsp3) is 0.348. The summed E-state index contributed by atoms with van der Waals surface area (Å²) in [6, 6.07) is 12.0. The van der Waals surface area contributed by atoms with Gasteiger partial charge >= 0.3 is 12.1 Å². The molecule has 0 radical (unpaired) electrons. The first-order valence-corrected chi connectivity index (χ1v) is 9.89. The molecule has 2 aromatic carbocycles. The molecule has 0 aromatic heterocycles. The highest BCUT2D eigenvalue weighted by Gasteiger charge is 2.40. The number of carbonyl (C=O) groups excluding carboxylic acids is 2. The average Bonchev–Trinajstić information content (AvgIpc) is 3.17. The number of hydrogen-bond donors (Lipinski definition) is 2. The van der Waals surface area contributed by atoms with Crippen LogP contribution in [0.4, 0.5) is 4.79 Å². The molecule has 0 aliphatic carbocycles. The molecule has 2 amide bonds. The Morgan fingerprint density at radius 3 is 2.67 bits per heavy atom. The zero-order valence-corrected chi connectivity index (χ0v) is 16.9. The molecule has 7 heteroatoms. The number of methoxy groups -OCH3 is 1. The van der Waals surface area contributed by atoms with Gasteiger partial charge in [0.25, 0.3) is 0 Å². The molecule has 1 fully saturated rings. The fourth-order valence-corrected chi connectivity index (χ4v) is 3.99. The summed E-state index contributed by atoms with van der Waals surface area (Å²) in [5.41, 5.74) is 0.871. The highest BCUT2D eigenvalue weighted by molar-refractivity contribution is 5.90. The Morgan fingerprint density at radius 2 is 2.00 bits per heavy atom. The Kier molecular flexibility index (Phi) is 6.72. The van der Waals surface area contributed by atoms with Crippen LogP contribution < -0.4 is 5.32 Å². The number of nitrogens with one attached hydrogen (secondary N) is 1. The number of rotatable bonds is 7. The summed E-state index contributed by atoms with van der Waals surface area (Å²) in [5.74, 6) is -1.02. The molecule has 7 nitrogen and oxygen atoms in total. The second-order valence-corrected chi connectivity index (χ2v) is 7.55. The quantitative estimate of drug-likeness (QED) is 0.540. The van der Waals surface area contributed by atoms with E-state index in [1.54, 1.807) is 6.08 Å². The van der Waals surface area contributed by atoms with Crippen molar-refractivity contribution >= 4 is 28.7 Å². The maximum absolute atomic E-state index is 12.9. The van der Waals surface area contributed by atoms with Gasteiger partial charge < -0.3 is 15.2 Å². The number of carboxylic acid groups (broad SMARTS) is 1. The fourth-order valence-electron chi connectivity index (χ4n) is 3.99. The van der Waals surface area contributed by atoms with E-state index < -0.39 is 30.1 Å². The Balaban J connectivity index is 1.76. The van der Waals surface area contributed by atoms with Crippen molar-refractivity contribution in [3.8, 4) is 0 Å². The van der Waals surface area contributed by atoms with E-state index in [1.807, 2.05) is 42.5 Å². The lowest BCUT2D eigenvalue weighted by Crippen LogP contribution is -2.51. The van der Waals surface area contributed by atoms with Crippen LogP contribution in [0.15, 0.2) is 55.1 Å². The van der Waals surface area contributed by atoms with Gasteiger partial charge in [0.15, 0.2) is 0 Å². The number of carbonyl (C=O) groups is 3. The van der Waals surface area contributed by atoms with Crippen LogP contribution in [0, 0.1) is 5.92 Å². The molecule has 3 atom stereocenters. The van der Waals surface area contributed by atoms with Gasteiger partial charge in [-0.3, -0.25) is 9.69 Å². The minimum Gasteiger partial charge on any atom is -0.467 e. The standard InChI is InChI=1S/C23H26N2O5/c1-3-6-16-13-20(25(14-16)23(28)29)21(26)24-19(22(27)30-2)12-15-9-10-17-7-4-5-8-18(17)11-15/h3-5,7-11,16,19-20H,1,6,12-14H2,2H3,(H,24,26)(H,28,29). The minimum absolute atomic E-state index is 0.0337. The number of ether oxygens (including phenoxy) is 1. The molecule has 2 aromatic rings. The van der Waals surface area contributed by atoms with Crippen LogP contribution in [-0.2, 0) is 20.7 Å². The number of likely N-dealkylation sites (tertiary alicyclic amines) is 1. The summed E-state index contributed by atoms with van der Waals surface area (Å²) in [6.07, 6.45) is 1.85. The van der Waals surface area contributed by atoms with Gasteiger partial charge in [0.05, 0.1) is 7.11 Å². The largest absolute Gasteiger partial charge is 0.467 e. The molecule has 3 unspecified atom stereocenters. The summed E-state index contributed by atoms with van der Waals surface area (Å²) >= 11 is 0. The van der Waals surface area contributed by atoms with Gasteiger partial charge in [0.2, 0.25) is 5.91 Å². The highest BCUT2D eigenvalue weighted by atomic mass is 16.5. The number of hydrogen-bond acceptors (Lipinski definition) is 4. The number of benzene rings is 2. The van der Waals surface area contributed by atoms with E-state index in [0.29, 0.717) is 12.8 Å². The summed E-state index contributed by atoms with van der Waals surface area (Å²) in [6.45, 7) is 3.96. The summed E-state index contributed by atoms with van der Waals surface area (Å²) in [7, 11) is 1.26. The predicted molar refractivity (Wildman–Crippen MR) is 113 cm³/mol. The predicted octanol–water partition coefficient (Wildman–Crippen LogP) is 2.98. The Labute approximate surface area is 175 Å². The monoisotopic (exact) mass is 410 g/mol. The lowest BCUT2D eigenvalue weighted by Gasteiger charge is -2.23. The van der Waals surface area contributed by atoms with Crippen LogP contribution in [-0.4, -0.2) is 53.7 Å². The topological polar surface area (TPSA) is 95.9 Å². The first kappa shape index (κ1) is 21.4. The van der Waals surface area contributed by atoms with Gasteiger partial charge in [0.1, 0.15) is 12.1 Å². The van der Waals surface area contributed by atoms with Crippen molar-refractivity contribution in [1.82, 2.24) is 10.2 Å². The zero-order chi connectivity index (χ0) is 21.7. The van der Waals surface area contributed by atoms with Gasteiger partial charge in [-0.15, -0.1) is 6.58 Å². The molecule has 158 valence electrons. The second-order valence-electron chi connectivity index (χ2n) is 7.55. The molecule has 1 aliphatic rings. The second kappa shape index (κ2) is 9.43. The SMILES string of the molecule is C=CCC1CC(C(=O)NC(Cc2ccc3ccccc3c2)C(=O)OC)N(C(=O)O)C1. The Hall–Kier alpha value is -3.35. The van der Waals surface area contributed by atoms with Crippen molar-refractivity contribution in [2.75, 3.05) is 13.7 Å². The van der Waals surface area contributed by atoms with E-state index in [4.69, 9.17) is 4.74 Å². The van der Waals surface area contributed by atoms with Crippen LogP contribution in [0.1, 0.15) is 18.4 Å². The van der Waals surface area contributed by atoms with Crippen molar-refractivity contribution < 1.29 is 24.2 Å². The molecule has 3 rings (SSSR count). The lowest BCUT2D eigenvalue weighted by molar-refractivity contribution is -0.145. The average molecular weight is 410 g/mol. The molecule has 30 heavy (non-hydrogen) atoms. The van der Waals surface area contributed by atoms with Crippen molar-refractivity contribution in [2.45, 2.75) is 31.3 Å². The smallest absolute Gasteiger partial charge is 0.407 e. The number of fused-ring (bicyclic) bond motifs is 1. The first-order valence-electron chi connectivity index (χ1n) is 9.89. The molecular weight excluding hydrogens is 384 g/mol. The third-order valence-electron chi connectivity index (χ3n) is 5.49. The molecule has 0 bridgehead atoms. The van der Waals surface area contributed by atoms with Gasteiger partial charge in [-0.05, 0) is 35.1 Å². The summed E-state index contributed by atoms with van der Waals surface area (Å²) < 4.78 is 4.87. The molecule has 1 saturated heterocycles. The number of nitrogens with zero attached hydrogens (tertiary/aromatic N) is 1. The number of amides is 2. The third kappa shape index (κ3) is 4.79. The van der Waals surface area contributed by atoms with E-state index in [1.165, 1.54) is 7.11 Å². The van der Waals surface area contributed by atoms with E-state index in [-0.39, 0.29) is 18.9 Å². The normalized spacial score (nSPS) is 19.3. The third-order valence-corrected chi connectivity index (χ3v) is 5.49. The number of esters is 1. The lowest BCUT2D eigenvalue weighted by atomic mass is 10.00. The summed E-state index contributed by atoms with van der Waals surface area (Å²) in [4.78, 5) is 37.9. The summed E-state index contributed by atoms with van der Waals surface area (Å²) in [5, 5.41) is 14.3. The van der Waals surface area contributed by atoms with Crippen LogP contribution in [0.3, 0.4) is 0 Å². The first-order chi connectivity index (χ1) is 14.4. The van der Waals surface area contributed by atoms with Gasteiger partial charge in [0, 0.05) is 13.0 Å². The minimum atomic E-state index is -1.15. The molecular formula is C23H26N2O5. The Morgan fingerprint density at radius 1 is 1.27 bits per heavy atom. The van der Waals surface area contributed by atoms with E-state index in [9.17, 15) is 19.5 Å². The van der Waals surface area contributed by atoms with Crippen LogP contribution in [0.2, 0.25) is 0 Å². The van der Waals surface area contributed by atoms with Crippen molar-refractivity contribution in [1.29, 1.82) is 0 Å².